The zero-order valence-corrected chi connectivity index (χ0v) is 11.4. The maximum Gasteiger partial charge on any atom is 0.326 e. The first-order valence-corrected chi connectivity index (χ1v) is 6.27. The topological polar surface area (TPSA) is 125 Å². The van der Waals surface area contributed by atoms with Crippen molar-refractivity contribution in [3.05, 3.63) is 36.2 Å². The lowest BCUT2D eigenvalue weighted by molar-refractivity contribution is -0.139. The second kappa shape index (κ2) is 6.55. The first-order valence-electron chi connectivity index (χ1n) is 6.27. The fourth-order valence-electron chi connectivity index (χ4n) is 1.77. The lowest BCUT2D eigenvalue weighted by atomic mass is 10.2. The van der Waals surface area contributed by atoms with Crippen LogP contribution in [-0.2, 0) is 24.8 Å². The smallest absolute Gasteiger partial charge is 0.326 e. The Hall–Kier alpha value is -2.84. The number of nitrogens with zero attached hydrogens (tertiary/aromatic N) is 3. The van der Waals surface area contributed by atoms with Gasteiger partial charge in [0.25, 0.3) is 0 Å². The van der Waals surface area contributed by atoms with Crippen molar-refractivity contribution in [2.45, 2.75) is 19.0 Å². The summed E-state index contributed by atoms with van der Waals surface area (Å²) in [7, 11) is 1.76. The molecule has 0 aliphatic heterocycles. The van der Waals surface area contributed by atoms with Crippen molar-refractivity contribution >= 4 is 12.0 Å². The number of carbonyl (C=O) groups is 2. The molecule has 112 valence electrons. The van der Waals surface area contributed by atoms with Gasteiger partial charge in [0.2, 0.25) is 0 Å². The summed E-state index contributed by atoms with van der Waals surface area (Å²) in [5.74, 6) is -1.11. The van der Waals surface area contributed by atoms with Crippen LogP contribution in [0.2, 0.25) is 0 Å². The summed E-state index contributed by atoms with van der Waals surface area (Å²) < 4.78 is 1.62. The molecule has 0 saturated heterocycles. The minimum atomic E-state index is -1.11. The van der Waals surface area contributed by atoms with Crippen LogP contribution in [0.3, 0.4) is 0 Å². The lowest BCUT2D eigenvalue weighted by Gasteiger charge is -2.14. The molecule has 9 heteroatoms. The van der Waals surface area contributed by atoms with Gasteiger partial charge in [0.05, 0.1) is 18.6 Å². The maximum absolute atomic E-state index is 11.8. The SMILES string of the molecule is Cn1nccc1CNC(=O)N[C@@H](Cc1cnc[nH]1)C(=O)O. The van der Waals surface area contributed by atoms with E-state index in [-0.39, 0.29) is 13.0 Å². The van der Waals surface area contributed by atoms with Gasteiger partial charge in [-0.25, -0.2) is 14.6 Å². The van der Waals surface area contributed by atoms with E-state index < -0.39 is 18.0 Å². The Morgan fingerprint density at radius 3 is 2.90 bits per heavy atom. The average molecular weight is 292 g/mol. The zero-order chi connectivity index (χ0) is 15.2. The van der Waals surface area contributed by atoms with Crippen molar-refractivity contribution in [3.63, 3.8) is 0 Å². The van der Waals surface area contributed by atoms with Crippen LogP contribution < -0.4 is 10.6 Å². The predicted octanol–water partition coefficient (Wildman–Crippen LogP) is -0.362. The summed E-state index contributed by atoms with van der Waals surface area (Å²) in [6.07, 6.45) is 4.73. The Morgan fingerprint density at radius 2 is 2.33 bits per heavy atom. The third-order valence-corrected chi connectivity index (χ3v) is 2.93. The van der Waals surface area contributed by atoms with E-state index in [1.54, 1.807) is 24.0 Å². The Morgan fingerprint density at radius 1 is 1.52 bits per heavy atom. The Balaban J connectivity index is 1.86. The van der Waals surface area contributed by atoms with Gasteiger partial charge in [-0.2, -0.15) is 5.10 Å². The molecule has 0 fully saturated rings. The molecule has 21 heavy (non-hydrogen) atoms. The van der Waals surface area contributed by atoms with Gasteiger partial charge in [0.1, 0.15) is 6.04 Å². The number of urea groups is 1. The van der Waals surface area contributed by atoms with Crippen LogP contribution in [0.15, 0.2) is 24.8 Å². The van der Waals surface area contributed by atoms with Crippen LogP contribution in [0, 0.1) is 0 Å². The van der Waals surface area contributed by atoms with Crippen LogP contribution in [0.1, 0.15) is 11.4 Å². The summed E-state index contributed by atoms with van der Waals surface area (Å²) in [4.78, 5) is 29.5. The van der Waals surface area contributed by atoms with Crippen molar-refractivity contribution in [2.24, 2.45) is 7.05 Å². The number of H-pyrrole nitrogens is 1. The Bertz CT molecular complexity index is 606. The monoisotopic (exact) mass is 292 g/mol. The minimum Gasteiger partial charge on any atom is -0.480 e. The highest BCUT2D eigenvalue weighted by Gasteiger charge is 2.20. The third kappa shape index (κ3) is 4.06. The van der Waals surface area contributed by atoms with E-state index in [0.717, 1.165) is 5.69 Å². The second-order valence-electron chi connectivity index (χ2n) is 4.44. The first-order chi connectivity index (χ1) is 10.1. The van der Waals surface area contributed by atoms with Crippen LogP contribution in [0.4, 0.5) is 4.79 Å². The number of amides is 2. The van der Waals surface area contributed by atoms with Crippen LogP contribution in [0.5, 0.6) is 0 Å². The van der Waals surface area contributed by atoms with Gasteiger partial charge in [-0.05, 0) is 6.07 Å². The molecule has 0 spiro atoms. The number of carbonyl (C=O) groups excluding carboxylic acids is 1. The normalized spacial score (nSPS) is 11.9. The van der Waals surface area contributed by atoms with E-state index >= 15 is 0 Å². The van der Waals surface area contributed by atoms with Gasteiger partial charge in [0.15, 0.2) is 0 Å². The number of carboxylic acids is 1. The van der Waals surface area contributed by atoms with Crippen molar-refractivity contribution in [3.8, 4) is 0 Å². The van der Waals surface area contributed by atoms with Crippen LogP contribution in [-0.4, -0.2) is 42.9 Å². The lowest BCUT2D eigenvalue weighted by Crippen LogP contribution is -2.47. The molecule has 0 bridgehead atoms. The van der Waals surface area contributed by atoms with Gasteiger partial charge in [-0.15, -0.1) is 0 Å². The highest BCUT2D eigenvalue weighted by atomic mass is 16.4. The molecule has 9 nitrogen and oxygen atoms in total. The van der Waals surface area contributed by atoms with E-state index in [1.165, 1.54) is 12.5 Å². The average Bonchev–Trinajstić information content (AvgIpc) is 3.07. The highest BCUT2D eigenvalue weighted by Crippen LogP contribution is 1.99. The van der Waals surface area contributed by atoms with Gasteiger partial charge >= 0.3 is 12.0 Å². The number of aliphatic carboxylic acids is 1. The van der Waals surface area contributed by atoms with Gasteiger partial charge in [-0.3, -0.25) is 4.68 Å². The highest BCUT2D eigenvalue weighted by molar-refractivity contribution is 5.82. The summed E-state index contributed by atoms with van der Waals surface area (Å²) in [6.45, 7) is 0.263. The molecule has 2 amide bonds. The Labute approximate surface area is 120 Å². The molecule has 0 aromatic carbocycles. The molecule has 0 saturated carbocycles. The summed E-state index contributed by atoms with van der Waals surface area (Å²) >= 11 is 0. The zero-order valence-electron chi connectivity index (χ0n) is 11.4. The van der Waals surface area contributed by atoms with Crippen molar-refractivity contribution in [1.29, 1.82) is 0 Å². The van der Waals surface area contributed by atoms with E-state index in [4.69, 9.17) is 5.11 Å². The second-order valence-corrected chi connectivity index (χ2v) is 4.44. The predicted molar refractivity (Wildman–Crippen MR) is 72.3 cm³/mol. The first kappa shape index (κ1) is 14.6. The molecule has 1 atom stereocenters. The number of hydrogen-bond acceptors (Lipinski definition) is 4. The molecule has 4 N–H and O–H groups in total. The quantitative estimate of drug-likeness (QED) is 0.578. The molecule has 0 aliphatic carbocycles. The number of nitrogens with one attached hydrogen (secondary N) is 3. The summed E-state index contributed by atoms with van der Waals surface area (Å²) in [5.41, 5.74) is 1.44. The number of aryl methyl sites for hydroxylation is 1. The van der Waals surface area contributed by atoms with Gasteiger partial charge < -0.3 is 20.7 Å². The maximum atomic E-state index is 11.8. The molecular formula is C12H16N6O3. The fraction of sp³-hybridized carbons (Fsp3) is 0.333. The standard InChI is InChI=1S/C12H16N6O3/c1-18-9(2-3-16-18)6-14-12(21)17-10(11(19)20)4-8-5-13-7-15-8/h2-3,5,7,10H,4,6H2,1H3,(H,13,15)(H,19,20)(H2,14,17,21)/t10-/m0/s1. The number of carboxylic acid groups (broad SMARTS) is 1. The van der Waals surface area contributed by atoms with Crippen LogP contribution >= 0.6 is 0 Å². The van der Waals surface area contributed by atoms with Gasteiger partial charge in [0, 0.05) is 31.6 Å². The number of aromatic amines is 1. The summed E-state index contributed by atoms with van der Waals surface area (Å²) in [5, 5.41) is 18.1. The molecule has 2 heterocycles. The number of imidazole rings is 1. The third-order valence-electron chi connectivity index (χ3n) is 2.93. The Kier molecular flexibility index (Phi) is 4.54. The molecule has 0 unspecified atom stereocenters. The number of aromatic nitrogens is 4. The fourth-order valence-corrected chi connectivity index (χ4v) is 1.77. The molecule has 2 aromatic rings. The van der Waals surface area contributed by atoms with Crippen LogP contribution in [0.25, 0.3) is 0 Å². The van der Waals surface area contributed by atoms with E-state index in [9.17, 15) is 9.59 Å². The largest absolute Gasteiger partial charge is 0.480 e. The molecule has 0 aliphatic rings. The van der Waals surface area contributed by atoms with Crippen molar-refractivity contribution in [1.82, 2.24) is 30.4 Å². The number of hydrogen-bond donors (Lipinski definition) is 4. The van der Waals surface area contributed by atoms with E-state index in [0.29, 0.717) is 5.69 Å². The molecular weight excluding hydrogens is 276 g/mol. The minimum absolute atomic E-state index is 0.133. The molecule has 0 radical (unpaired) electrons. The number of rotatable bonds is 6. The molecule has 2 aromatic heterocycles. The molecule has 2 rings (SSSR count). The summed E-state index contributed by atoms with van der Waals surface area (Å²) in [6, 6.07) is 0.180. The van der Waals surface area contributed by atoms with Gasteiger partial charge in [-0.1, -0.05) is 0 Å². The van der Waals surface area contributed by atoms with E-state index in [1.807, 2.05) is 0 Å². The van der Waals surface area contributed by atoms with Crippen molar-refractivity contribution < 1.29 is 14.7 Å². The van der Waals surface area contributed by atoms with Crippen molar-refractivity contribution in [2.75, 3.05) is 0 Å². The van der Waals surface area contributed by atoms with E-state index in [2.05, 4.69) is 25.7 Å².